The third kappa shape index (κ3) is 3.65. The topological polar surface area (TPSA) is 29.1 Å². The van der Waals surface area contributed by atoms with Gasteiger partial charge in [0, 0.05) is 23.6 Å². The lowest BCUT2D eigenvalue weighted by molar-refractivity contribution is -0.116. The molecule has 0 aliphatic carbocycles. The number of anilines is 1. The second-order valence-corrected chi connectivity index (χ2v) is 3.62. The van der Waals surface area contributed by atoms with Gasteiger partial charge in [-0.1, -0.05) is 17.7 Å². The third-order valence-corrected chi connectivity index (χ3v) is 2.36. The monoisotopic (exact) mass is 221 g/mol. The Morgan fingerprint density at radius 1 is 1.60 bits per heavy atom. The van der Waals surface area contributed by atoms with Gasteiger partial charge < -0.3 is 5.32 Å². The molecule has 1 amide bonds. The minimum absolute atomic E-state index is 0.0899. The van der Waals surface area contributed by atoms with Gasteiger partial charge in [0.25, 0.3) is 0 Å². The molecular formula is C12H12ClNO. The van der Waals surface area contributed by atoms with Gasteiger partial charge in [0.15, 0.2) is 0 Å². The summed E-state index contributed by atoms with van der Waals surface area (Å²) in [5.74, 6) is 2.33. The van der Waals surface area contributed by atoms with Gasteiger partial charge in [0.2, 0.25) is 5.91 Å². The van der Waals surface area contributed by atoms with E-state index in [1.165, 1.54) is 0 Å². The van der Waals surface area contributed by atoms with E-state index in [2.05, 4.69) is 11.2 Å². The molecular weight excluding hydrogens is 210 g/mol. The van der Waals surface area contributed by atoms with Crippen LogP contribution in [0.2, 0.25) is 5.02 Å². The molecule has 0 aliphatic rings. The first-order valence-corrected chi connectivity index (χ1v) is 5.00. The van der Waals surface area contributed by atoms with Crippen LogP contribution in [-0.2, 0) is 4.79 Å². The SMILES string of the molecule is C#CCCC(=O)Nc1ccc(C)c(Cl)c1. The zero-order valence-electron chi connectivity index (χ0n) is 8.51. The molecule has 1 rings (SSSR count). The van der Waals surface area contributed by atoms with E-state index >= 15 is 0 Å². The maximum atomic E-state index is 11.3. The van der Waals surface area contributed by atoms with Crippen molar-refractivity contribution in [2.45, 2.75) is 19.8 Å². The number of aryl methyl sites for hydroxylation is 1. The Labute approximate surface area is 94.6 Å². The van der Waals surface area contributed by atoms with Crippen LogP contribution in [0.25, 0.3) is 0 Å². The van der Waals surface area contributed by atoms with Crippen LogP contribution in [0.1, 0.15) is 18.4 Å². The van der Waals surface area contributed by atoms with Crippen LogP contribution in [-0.4, -0.2) is 5.91 Å². The van der Waals surface area contributed by atoms with Crippen LogP contribution in [0.15, 0.2) is 18.2 Å². The summed E-state index contributed by atoms with van der Waals surface area (Å²) in [5, 5.41) is 3.37. The Kier molecular flexibility index (Phi) is 4.20. The molecule has 0 radical (unpaired) electrons. The second kappa shape index (κ2) is 5.43. The molecule has 0 aromatic heterocycles. The predicted molar refractivity (Wildman–Crippen MR) is 62.9 cm³/mol. The Bertz CT molecular complexity index is 407. The number of terminal acetylenes is 1. The smallest absolute Gasteiger partial charge is 0.225 e. The summed E-state index contributed by atoms with van der Waals surface area (Å²) >= 11 is 5.92. The summed E-state index contributed by atoms with van der Waals surface area (Å²) in [6.07, 6.45) is 5.85. The number of halogens is 1. The molecule has 0 aliphatic heterocycles. The molecule has 0 saturated carbocycles. The first kappa shape index (κ1) is 11.6. The van der Waals surface area contributed by atoms with Crippen molar-refractivity contribution in [3.63, 3.8) is 0 Å². The van der Waals surface area contributed by atoms with Gasteiger partial charge in [0.05, 0.1) is 0 Å². The summed E-state index contributed by atoms with van der Waals surface area (Å²) in [6, 6.07) is 5.40. The fraction of sp³-hybridized carbons (Fsp3) is 0.250. The summed E-state index contributed by atoms with van der Waals surface area (Å²) in [4.78, 5) is 11.3. The summed E-state index contributed by atoms with van der Waals surface area (Å²) < 4.78 is 0. The van der Waals surface area contributed by atoms with Crippen LogP contribution in [0, 0.1) is 19.3 Å². The van der Waals surface area contributed by atoms with Crippen molar-refractivity contribution in [3.8, 4) is 12.3 Å². The van der Waals surface area contributed by atoms with E-state index in [1.807, 2.05) is 19.1 Å². The van der Waals surface area contributed by atoms with Crippen LogP contribution in [0.4, 0.5) is 5.69 Å². The molecule has 1 aromatic rings. The van der Waals surface area contributed by atoms with Crippen LogP contribution in [0.3, 0.4) is 0 Å². The summed E-state index contributed by atoms with van der Waals surface area (Å²) in [7, 11) is 0. The molecule has 1 N–H and O–H groups in total. The third-order valence-electron chi connectivity index (χ3n) is 1.95. The highest BCUT2D eigenvalue weighted by Crippen LogP contribution is 2.19. The van der Waals surface area contributed by atoms with E-state index in [1.54, 1.807) is 6.07 Å². The zero-order chi connectivity index (χ0) is 11.3. The molecule has 1 aromatic carbocycles. The summed E-state index contributed by atoms with van der Waals surface area (Å²) in [6.45, 7) is 1.91. The molecule has 0 spiro atoms. The highest BCUT2D eigenvalue weighted by molar-refractivity contribution is 6.31. The highest BCUT2D eigenvalue weighted by Gasteiger charge is 2.02. The van der Waals surface area contributed by atoms with Crippen molar-refractivity contribution in [2.24, 2.45) is 0 Å². The van der Waals surface area contributed by atoms with E-state index < -0.39 is 0 Å². The van der Waals surface area contributed by atoms with Crippen LogP contribution >= 0.6 is 11.6 Å². The van der Waals surface area contributed by atoms with Gasteiger partial charge >= 0.3 is 0 Å². The fourth-order valence-corrected chi connectivity index (χ4v) is 1.26. The summed E-state index contributed by atoms with van der Waals surface area (Å²) in [5.41, 5.74) is 1.69. The maximum absolute atomic E-state index is 11.3. The Morgan fingerprint density at radius 2 is 2.33 bits per heavy atom. The van der Waals surface area contributed by atoms with Crippen LogP contribution in [0.5, 0.6) is 0 Å². The Balaban J connectivity index is 2.62. The van der Waals surface area contributed by atoms with Gasteiger partial charge in [-0.05, 0) is 24.6 Å². The number of carbonyl (C=O) groups is 1. The first-order chi connectivity index (χ1) is 7.13. The normalized spacial score (nSPS) is 9.40. The highest BCUT2D eigenvalue weighted by atomic mass is 35.5. The standard InChI is InChI=1S/C12H12ClNO/c1-3-4-5-12(15)14-10-7-6-9(2)11(13)8-10/h1,6-8H,4-5H2,2H3,(H,14,15). The molecule has 15 heavy (non-hydrogen) atoms. The molecule has 3 heteroatoms. The zero-order valence-corrected chi connectivity index (χ0v) is 9.27. The van der Waals surface area contributed by atoms with Gasteiger partial charge in [0.1, 0.15) is 0 Å². The van der Waals surface area contributed by atoms with Crippen molar-refractivity contribution in [1.29, 1.82) is 0 Å². The molecule has 0 heterocycles. The number of rotatable bonds is 3. The average Bonchev–Trinajstić information content (AvgIpc) is 2.20. The van der Waals surface area contributed by atoms with E-state index in [9.17, 15) is 4.79 Å². The van der Waals surface area contributed by atoms with Crippen molar-refractivity contribution in [2.75, 3.05) is 5.32 Å². The maximum Gasteiger partial charge on any atom is 0.225 e. The van der Waals surface area contributed by atoms with Gasteiger partial charge in [-0.2, -0.15) is 0 Å². The van der Waals surface area contributed by atoms with E-state index in [-0.39, 0.29) is 5.91 Å². The molecule has 0 fully saturated rings. The number of hydrogen-bond donors (Lipinski definition) is 1. The Hall–Kier alpha value is -1.46. The molecule has 0 saturated heterocycles. The van der Waals surface area contributed by atoms with Crippen molar-refractivity contribution in [1.82, 2.24) is 0 Å². The fourth-order valence-electron chi connectivity index (χ4n) is 1.08. The van der Waals surface area contributed by atoms with Crippen LogP contribution < -0.4 is 5.32 Å². The van der Waals surface area contributed by atoms with Crippen molar-refractivity contribution in [3.05, 3.63) is 28.8 Å². The molecule has 0 atom stereocenters. The molecule has 0 unspecified atom stereocenters. The second-order valence-electron chi connectivity index (χ2n) is 3.22. The lowest BCUT2D eigenvalue weighted by atomic mass is 10.2. The van der Waals surface area contributed by atoms with E-state index in [4.69, 9.17) is 18.0 Å². The Morgan fingerprint density at radius 3 is 2.93 bits per heavy atom. The number of amides is 1. The van der Waals surface area contributed by atoms with E-state index in [0.717, 1.165) is 5.56 Å². The van der Waals surface area contributed by atoms with E-state index in [0.29, 0.717) is 23.6 Å². The molecule has 2 nitrogen and oxygen atoms in total. The largest absolute Gasteiger partial charge is 0.326 e. The van der Waals surface area contributed by atoms with Gasteiger partial charge in [-0.25, -0.2) is 0 Å². The minimum Gasteiger partial charge on any atom is -0.326 e. The van der Waals surface area contributed by atoms with Crippen molar-refractivity contribution < 1.29 is 4.79 Å². The number of carbonyl (C=O) groups excluding carboxylic acids is 1. The number of nitrogens with one attached hydrogen (secondary N) is 1. The molecule has 78 valence electrons. The number of hydrogen-bond acceptors (Lipinski definition) is 1. The van der Waals surface area contributed by atoms with Gasteiger partial charge in [-0.3, -0.25) is 4.79 Å². The van der Waals surface area contributed by atoms with Gasteiger partial charge in [-0.15, -0.1) is 12.3 Å². The first-order valence-electron chi connectivity index (χ1n) is 4.63. The minimum atomic E-state index is -0.0899. The lowest BCUT2D eigenvalue weighted by Crippen LogP contribution is -2.10. The quantitative estimate of drug-likeness (QED) is 0.782. The average molecular weight is 222 g/mol. The number of benzene rings is 1. The lowest BCUT2D eigenvalue weighted by Gasteiger charge is -2.05. The van der Waals surface area contributed by atoms with Crippen molar-refractivity contribution >= 4 is 23.2 Å². The predicted octanol–water partition coefficient (Wildman–Crippen LogP) is 3.00. The molecule has 0 bridgehead atoms.